The summed E-state index contributed by atoms with van der Waals surface area (Å²) in [5.74, 6) is 1.06. The van der Waals surface area contributed by atoms with E-state index in [0.29, 0.717) is 6.04 Å². The van der Waals surface area contributed by atoms with Gasteiger partial charge in [0.1, 0.15) is 12.2 Å². The molecule has 4 heteroatoms. The van der Waals surface area contributed by atoms with Gasteiger partial charge in [0.2, 0.25) is 0 Å². The van der Waals surface area contributed by atoms with Crippen LogP contribution in [0.15, 0.2) is 6.33 Å². The van der Waals surface area contributed by atoms with Gasteiger partial charge in [-0.3, -0.25) is 0 Å². The second kappa shape index (κ2) is 4.95. The quantitative estimate of drug-likeness (QED) is 0.834. The Labute approximate surface area is 98.2 Å². The summed E-state index contributed by atoms with van der Waals surface area (Å²) >= 11 is 0. The molecule has 2 N–H and O–H groups in total. The van der Waals surface area contributed by atoms with Gasteiger partial charge in [0.25, 0.3) is 0 Å². The topological polar surface area (TPSA) is 56.7 Å². The molecule has 4 nitrogen and oxygen atoms in total. The van der Waals surface area contributed by atoms with Crippen molar-refractivity contribution in [3.05, 3.63) is 12.2 Å². The summed E-state index contributed by atoms with van der Waals surface area (Å²) in [6.07, 6.45) is 3.56. The zero-order valence-corrected chi connectivity index (χ0v) is 11.1. The van der Waals surface area contributed by atoms with Gasteiger partial charge in [-0.2, -0.15) is 5.10 Å². The van der Waals surface area contributed by atoms with E-state index in [2.05, 4.69) is 44.7 Å². The van der Waals surface area contributed by atoms with E-state index in [4.69, 9.17) is 5.73 Å². The Morgan fingerprint density at radius 1 is 1.38 bits per heavy atom. The highest BCUT2D eigenvalue weighted by atomic mass is 15.3. The summed E-state index contributed by atoms with van der Waals surface area (Å²) in [7, 11) is 0. The molecule has 1 heterocycles. The Morgan fingerprint density at radius 2 is 2.00 bits per heavy atom. The van der Waals surface area contributed by atoms with Crippen molar-refractivity contribution in [2.45, 2.75) is 59.5 Å². The summed E-state index contributed by atoms with van der Waals surface area (Å²) in [5.41, 5.74) is 6.04. The number of aromatic nitrogens is 3. The molecule has 0 spiro atoms. The fourth-order valence-electron chi connectivity index (χ4n) is 2.20. The maximum atomic E-state index is 5.86. The van der Waals surface area contributed by atoms with Crippen LogP contribution in [0.25, 0.3) is 0 Å². The molecule has 0 radical (unpaired) electrons. The number of hydrogen-bond acceptors (Lipinski definition) is 3. The third kappa shape index (κ3) is 3.59. The van der Waals surface area contributed by atoms with Crippen LogP contribution in [0.3, 0.4) is 0 Å². The first-order valence-corrected chi connectivity index (χ1v) is 5.96. The van der Waals surface area contributed by atoms with Gasteiger partial charge in [-0.25, -0.2) is 9.67 Å². The van der Waals surface area contributed by atoms with E-state index in [9.17, 15) is 0 Å². The fourth-order valence-corrected chi connectivity index (χ4v) is 2.20. The lowest BCUT2D eigenvalue weighted by Crippen LogP contribution is -2.28. The van der Waals surface area contributed by atoms with Crippen LogP contribution in [0.4, 0.5) is 0 Å². The van der Waals surface area contributed by atoms with Crippen molar-refractivity contribution in [3.63, 3.8) is 0 Å². The molecule has 1 aromatic rings. The second-order valence-electron chi connectivity index (χ2n) is 5.74. The lowest BCUT2D eigenvalue weighted by molar-refractivity contribution is 0.294. The van der Waals surface area contributed by atoms with E-state index in [1.54, 1.807) is 6.33 Å². The minimum absolute atomic E-state index is 0.174. The van der Waals surface area contributed by atoms with E-state index >= 15 is 0 Å². The molecule has 0 aliphatic heterocycles. The highest BCUT2D eigenvalue weighted by Crippen LogP contribution is 2.26. The van der Waals surface area contributed by atoms with Crippen molar-refractivity contribution in [3.8, 4) is 0 Å². The Hall–Kier alpha value is -0.900. The summed E-state index contributed by atoms with van der Waals surface area (Å²) in [4.78, 5) is 4.34. The molecular formula is C12H24N4. The van der Waals surface area contributed by atoms with Crippen molar-refractivity contribution in [1.29, 1.82) is 0 Å². The molecule has 16 heavy (non-hydrogen) atoms. The number of nitrogens with two attached hydrogens (primary N) is 1. The Kier molecular flexibility index (Phi) is 4.08. The molecule has 0 aliphatic rings. The van der Waals surface area contributed by atoms with Gasteiger partial charge in [0.15, 0.2) is 0 Å². The lowest BCUT2D eigenvalue weighted by atomic mass is 9.83. The molecule has 0 saturated carbocycles. The Balaban J connectivity index is 2.75. The third-order valence-corrected chi connectivity index (χ3v) is 2.65. The maximum Gasteiger partial charge on any atom is 0.138 e. The molecule has 0 saturated heterocycles. The minimum Gasteiger partial charge on any atom is -0.328 e. The summed E-state index contributed by atoms with van der Waals surface area (Å²) < 4.78 is 1.99. The molecule has 1 rings (SSSR count). The second-order valence-corrected chi connectivity index (χ2v) is 5.74. The van der Waals surface area contributed by atoms with Crippen molar-refractivity contribution >= 4 is 0 Å². The van der Waals surface area contributed by atoms with E-state index < -0.39 is 0 Å². The molecule has 0 aliphatic carbocycles. The lowest BCUT2D eigenvalue weighted by Gasteiger charge is -2.26. The molecule has 92 valence electrons. The van der Waals surface area contributed by atoms with Crippen LogP contribution >= 0.6 is 0 Å². The summed E-state index contributed by atoms with van der Waals surface area (Å²) in [6.45, 7) is 10.8. The van der Waals surface area contributed by atoms with Crippen molar-refractivity contribution in [1.82, 2.24) is 14.8 Å². The average molecular weight is 224 g/mol. The Morgan fingerprint density at radius 3 is 2.50 bits per heavy atom. The molecule has 1 aromatic heterocycles. The van der Waals surface area contributed by atoms with Gasteiger partial charge < -0.3 is 5.73 Å². The van der Waals surface area contributed by atoms with Gasteiger partial charge in [-0.05, 0) is 32.6 Å². The summed E-state index contributed by atoms with van der Waals surface area (Å²) in [5, 5.41) is 4.25. The van der Waals surface area contributed by atoms with Crippen LogP contribution in [-0.4, -0.2) is 20.8 Å². The van der Waals surface area contributed by atoms with E-state index in [1.807, 2.05) is 4.68 Å². The third-order valence-electron chi connectivity index (χ3n) is 2.65. The molecule has 1 atom stereocenters. The van der Waals surface area contributed by atoms with Gasteiger partial charge in [0, 0.05) is 18.5 Å². The largest absolute Gasteiger partial charge is 0.328 e. The van der Waals surface area contributed by atoms with Crippen LogP contribution in [-0.2, 0) is 6.42 Å². The molecule has 0 bridgehead atoms. The normalized spacial score (nSPS) is 14.4. The van der Waals surface area contributed by atoms with Crippen LogP contribution in [0, 0.1) is 5.41 Å². The first kappa shape index (κ1) is 13.2. The number of rotatable bonds is 5. The van der Waals surface area contributed by atoms with Crippen molar-refractivity contribution < 1.29 is 0 Å². The molecule has 0 fully saturated rings. The number of nitrogens with zero attached hydrogens (tertiary/aromatic N) is 3. The molecular weight excluding hydrogens is 200 g/mol. The molecule has 0 amide bonds. The van der Waals surface area contributed by atoms with Crippen LogP contribution in [0.2, 0.25) is 0 Å². The first-order chi connectivity index (χ1) is 7.32. The predicted octanol–water partition coefficient (Wildman–Crippen LogP) is 2.17. The monoisotopic (exact) mass is 224 g/mol. The Bertz CT molecular complexity index is 326. The average Bonchev–Trinajstić information content (AvgIpc) is 2.48. The van der Waals surface area contributed by atoms with Gasteiger partial charge in [-0.15, -0.1) is 0 Å². The number of hydrogen-bond donors (Lipinski definition) is 1. The van der Waals surface area contributed by atoms with Crippen molar-refractivity contribution in [2.75, 3.05) is 0 Å². The smallest absolute Gasteiger partial charge is 0.138 e. The van der Waals surface area contributed by atoms with E-state index in [0.717, 1.165) is 18.7 Å². The van der Waals surface area contributed by atoms with Gasteiger partial charge in [0.05, 0.1) is 0 Å². The SMILES string of the molecule is CC(N)CC(C)(C)Cc1ncnn1C(C)C. The summed E-state index contributed by atoms with van der Waals surface area (Å²) in [6, 6.07) is 0.592. The fraction of sp³-hybridized carbons (Fsp3) is 0.833. The highest BCUT2D eigenvalue weighted by molar-refractivity contribution is 4.92. The first-order valence-electron chi connectivity index (χ1n) is 5.96. The molecule has 1 unspecified atom stereocenters. The van der Waals surface area contributed by atoms with Gasteiger partial charge >= 0.3 is 0 Å². The highest BCUT2D eigenvalue weighted by Gasteiger charge is 2.23. The van der Waals surface area contributed by atoms with Crippen LogP contribution < -0.4 is 5.73 Å². The zero-order valence-electron chi connectivity index (χ0n) is 11.1. The minimum atomic E-state index is 0.174. The molecule has 0 aromatic carbocycles. The predicted molar refractivity (Wildman–Crippen MR) is 66.2 cm³/mol. The van der Waals surface area contributed by atoms with E-state index in [1.165, 1.54) is 0 Å². The van der Waals surface area contributed by atoms with E-state index in [-0.39, 0.29) is 11.5 Å². The van der Waals surface area contributed by atoms with Crippen LogP contribution in [0.5, 0.6) is 0 Å². The maximum absolute atomic E-state index is 5.86. The van der Waals surface area contributed by atoms with Crippen LogP contribution in [0.1, 0.15) is 52.9 Å². The standard InChI is InChI=1S/C12H24N4/c1-9(2)16-11(14-8-15-16)7-12(4,5)6-10(3)13/h8-10H,6-7,13H2,1-5H3. The van der Waals surface area contributed by atoms with Crippen molar-refractivity contribution in [2.24, 2.45) is 11.1 Å². The van der Waals surface area contributed by atoms with Gasteiger partial charge in [-0.1, -0.05) is 13.8 Å². The zero-order chi connectivity index (χ0) is 12.3.